The van der Waals surface area contributed by atoms with E-state index in [1.54, 1.807) is 12.1 Å². The molecular formula is C26H20ClF3N4O6S. The number of thiophene rings is 1. The number of hydrogen-bond donors (Lipinski definition) is 1. The number of rotatable bonds is 9. The van der Waals surface area contributed by atoms with E-state index in [1.807, 2.05) is 0 Å². The van der Waals surface area contributed by atoms with E-state index in [4.69, 9.17) is 16.3 Å². The summed E-state index contributed by atoms with van der Waals surface area (Å²) in [6, 6.07) is 11.6. The number of ketones is 1. The summed E-state index contributed by atoms with van der Waals surface area (Å²) in [7, 11) is 2.23. The number of anilines is 1. The number of nitrogens with one attached hydrogen (secondary N) is 1. The lowest BCUT2D eigenvalue weighted by molar-refractivity contribution is -0.151. The summed E-state index contributed by atoms with van der Waals surface area (Å²) in [5.74, 6) is -3.54. The minimum absolute atomic E-state index is 0.0133. The van der Waals surface area contributed by atoms with Gasteiger partial charge in [0.2, 0.25) is 0 Å². The molecule has 1 aromatic carbocycles. The van der Waals surface area contributed by atoms with Gasteiger partial charge in [-0.2, -0.15) is 23.0 Å². The highest BCUT2D eigenvalue weighted by molar-refractivity contribution is 7.16. The number of alkyl halides is 3. The smallest absolute Gasteiger partial charge is 0.417 e. The average Bonchev–Trinajstić information content (AvgIpc) is 3.57. The third-order valence-electron chi connectivity index (χ3n) is 5.77. The van der Waals surface area contributed by atoms with Crippen LogP contribution in [-0.2, 0) is 33.6 Å². The Bertz CT molecular complexity index is 1690. The van der Waals surface area contributed by atoms with Gasteiger partial charge in [-0.05, 0) is 36.4 Å². The van der Waals surface area contributed by atoms with Crippen LogP contribution >= 0.6 is 22.9 Å². The van der Waals surface area contributed by atoms with Gasteiger partial charge in [0.05, 0.1) is 48.5 Å². The molecule has 0 aliphatic heterocycles. The molecule has 3 aromatic heterocycles. The van der Waals surface area contributed by atoms with Gasteiger partial charge < -0.3 is 14.8 Å². The van der Waals surface area contributed by atoms with Crippen LogP contribution < -0.4 is 15.6 Å². The number of nitrogens with zero attached hydrogens (tertiary/aromatic N) is 3. The van der Waals surface area contributed by atoms with Crippen molar-refractivity contribution >= 4 is 46.4 Å². The van der Waals surface area contributed by atoms with Crippen molar-refractivity contribution in [3.05, 3.63) is 85.3 Å². The first-order valence-corrected chi connectivity index (χ1v) is 12.8. The molecule has 1 N–H and O–H groups in total. The van der Waals surface area contributed by atoms with Gasteiger partial charge in [-0.15, -0.1) is 11.3 Å². The average molecular weight is 609 g/mol. The van der Waals surface area contributed by atoms with Crippen molar-refractivity contribution in [3.63, 3.8) is 0 Å². The Kier molecular flexibility index (Phi) is 8.63. The van der Waals surface area contributed by atoms with E-state index >= 15 is 0 Å². The van der Waals surface area contributed by atoms with Crippen molar-refractivity contribution in [2.24, 2.45) is 0 Å². The number of hydrogen-bond acceptors (Lipinski definition) is 9. The lowest BCUT2D eigenvalue weighted by Gasteiger charge is -2.13. The van der Waals surface area contributed by atoms with Crippen molar-refractivity contribution in [1.29, 1.82) is 0 Å². The van der Waals surface area contributed by atoms with Gasteiger partial charge >= 0.3 is 12.1 Å². The van der Waals surface area contributed by atoms with Gasteiger partial charge in [-0.1, -0.05) is 23.7 Å². The molecule has 10 nitrogen and oxygen atoms in total. The van der Waals surface area contributed by atoms with Gasteiger partial charge in [-0.3, -0.25) is 19.0 Å². The zero-order chi connectivity index (χ0) is 29.9. The normalized spacial score (nSPS) is 11.3. The number of carbonyl (C=O) groups is 3. The third-order valence-corrected chi connectivity index (χ3v) is 7.00. The first-order chi connectivity index (χ1) is 19.4. The molecule has 0 spiro atoms. The number of benzene rings is 1. The van der Waals surface area contributed by atoms with Crippen LogP contribution in [0.1, 0.15) is 20.8 Å². The van der Waals surface area contributed by atoms with Crippen LogP contribution in [0.3, 0.4) is 0 Å². The summed E-state index contributed by atoms with van der Waals surface area (Å²) >= 11 is 7.23. The largest absolute Gasteiger partial charge is 0.491 e. The molecule has 0 aliphatic carbocycles. The maximum absolute atomic E-state index is 13.7. The molecule has 0 atom stereocenters. The van der Waals surface area contributed by atoms with Gasteiger partial charge in [0, 0.05) is 10.9 Å². The highest BCUT2D eigenvalue weighted by Crippen LogP contribution is 2.33. The Balaban J connectivity index is 1.86. The fourth-order valence-electron chi connectivity index (χ4n) is 3.86. The topological polar surface area (TPSA) is 122 Å². The zero-order valence-electron chi connectivity index (χ0n) is 21.3. The van der Waals surface area contributed by atoms with Gasteiger partial charge in [-0.25, -0.2) is 4.79 Å². The number of pyridine rings is 1. The van der Waals surface area contributed by atoms with Crippen molar-refractivity contribution in [3.8, 4) is 17.1 Å². The first kappa shape index (κ1) is 29.6. The maximum Gasteiger partial charge on any atom is 0.417 e. The van der Waals surface area contributed by atoms with Crippen LogP contribution in [0.2, 0.25) is 4.34 Å². The molecule has 0 unspecified atom stereocenters. The molecule has 0 aliphatic rings. The van der Waals surface area contributed by atoms with Crippen molar-refractivity contribution in [2.75, 3.05) is 19.5 Å². The quantitative estimate of drug-likeness (QED) is 0.218. The Hall–Kier alpha value is -4.43. The van der Waals surface area contributed by atoms with Crippen LogP contribution in [0, 0.1) is 0 Å². The number of halogens is 4. The van der Waals surface area contributed by atoms with Gasteiger partial charge in [0.15, 0.2) is 5.75 Å². The SMILES string of the molecule is COC(=O)C(=O)Cn1c(-c2cc(NCc3ccc(Cl)s3)n(C(=O)c3ccccc3C(F)(F)F)n2)ccc(OC)c1=O. The number of carbonyl (C=O) groups excluding carboxylic acids is 3. The van der Waals surface area contributed by atoms with E-state index in [-0.39, 0.29) is 29.5 Å². The Morgan fingerprint density at radius 3 is 2.44 bits per heavy atom. The van der Waals surface area contributed by atoms with E-state index in [0.717, 1.165) is 39.4 Å². The molecule has 4 aromatic rings. The van der Waals surface area contributed by atoms with Crippen LogP contribution in [0.4, 0.5) is 19.0 Å². The predicted octanol–water partition coefficient (Wildman–Crippen LogP) is 4.50. The minimum atomic E-state index is -4.83. The molecule has 0 radical (unpaired) electrons. The molecule has 0 saturated heterocycles. The summed E-state index contributed by atoms with van der Waals surface area (Å²) in [5.41, 5.74) is -2.71. The van der Waals surface area contributed by atoms with E-state index in [9.17, 15) is 32.3 Å². The molecule has 214 valence electrons. The van der Waals surface area contributed by atoms with Gasteiger partial charge in [0.1, 0.15) is 11.5 Å². The Labute approximate surface area is 238 Å². The summed E-state index contributed by atoms with van der Waals surface area (Å²) in [5, 5.41) is 7.18. The number of methoxy groups -OCH3 is 2. The second-order valence-electron chi connectivity index (χ2n) is 8.33. The third kappa shape index (κ3) is 6.33. The summed E-state index contributed by atoms with van der Waals surface area (Å²) in [6.45, 7) is -0.626. The summed E-state index contributed by atoms with van der Waals surface area (Å²) < 4.78 is 52.8. The fourth-order valence-corrected chi connectivity index (χ4v) is 4.89. The number of Topliss-reactive ketones (excluding diaryl/α,β-unsaturated/α-hetero) is 1. The van der Waals surface area contributed by atoms with Crippen LogP contribution in [0.5, 0.6) is 5.75 Å². The van der Waals surface area contributed by atoms with Crippen molar-refractivity contribution < 1.29 is 37.0 Å². The lowest BCUT2D eigenvalue weighted by atomic mass is 10.1. The van der Waals surface area contributed by atoms with E-state index < -0.39 is 47.1 Å². The highest BCUT2D eigenvalue weighted by atomic mass is 35.5. The number of aromatic nitrogens is 3. The van der Waals surface area contributed by atoms with Gasteiger partial charge in [0.25, 0.3) is 17.2 Å². The minimum Gasteiger partial charge on any atom is -0.491 e. The van der Waals surface area contributed by atoms with Crippen LogP contribution in [-0.4, -0.2) is 46.2 Å². The molecule has 4 rings (SSSR count). The van der Waals surface area contributed by atoms with Crippen molar-refractivity contribution in [2.45, 2.75) is 19.3 Å². The van der Waals surface area contributed by atoms with E-state index in [0.29, 0.717) is 4.34 Å². The molecule has 3 heterocycles. The predicted molar refractivity (Wildman–Crippen MR) is 143 cm³/mol. The maximum atomic E-state index is 13.7. The van der Waals surface area contributed by atoms with E-state index in [2.05, 4.69) is 15.2 Å². The molecule has 0 fully saturated rings. The van der Waals surface area contributed by atoms with Crippen LogP contribution in [0.15, 0.2) is 59.4 Å². The van der Waals surface area contributed by atoms with Crippen molar-refractivity contribution in [1.82, 2.24) is 14.3 Å². The second-order valence-corrected chi connectivity index (χ2v) is 10.1. The molecule has 0 saturated carbocycles. The molecule has 0 amide bonds. The lowest BCUT2D eigenvalue weighted by Crippen LogP contribution is -2.30. The second kappa shape index (κ2) is 12.0. The monoisotopic (exact) mass is 608 g/mol. The van der Waals surface area contributed by atoms with Crippen LogP contribution in [0.25, 0.3) is 11.4 Å². The fraction of sp³-hybridized carbons (Fsp3) is 0.192. The van der Waals surface area contributed by atoms with E-state index in [1.165, 1.54) is 42.7 Å². The number of ether oxygens (including phenoxy) is 2. The molecular weight excluding hydrogens is 589 g/mol. The summed E-state index contributed by atoms with van der Waals surface area (Å²) in [6.07, 6.45) is -4.83. The summed E-state index contributed by atoms with van der Waals surface area (Å²) in [4.78, 5) is 51.4. The standard InChI is InChI=1S/C26H20ClF3N4O6S/c1-39-20-9-8-18(33(24(20)37)13-19(35)25(38)40-2)17-11-22(31-12-14-7-10-21(27)41-14)34(32-17)23(36)15-5-3-4-6-16(15)26(28,29)30/h3-11,31H,12-13H2,1-2H3. The molecule has 0 bridgehead atoms. The molecule has 15 heteroatoms. The zero-order valence-corrected chi connectivity index (χ0v) is 22.9. The first-order valence-electron chi connectivity index (χ1n) is 11.6. The Morgan fingerprint density at radius 2 is 1.80 bits per heavy atom. The molecule has 41 heavy (non-hydrogen) atoms. The highest BCUT2D eigenvalue weighted by Gasteiger charge is 2.36. The number of esters is 1. The Morgan fingerprint density at radius 1 is 1.07 bits per heavy atom.